The fraction of sp³-hybridized carbons (Fsp3) is 0.200. The van der Waals surface area contributed by atoms with Gasteiger partial charge in [-0.3, -0.25) is 0 Å². The third-order valence-corrected chi connectivity index (χ3v) is 2.55. The van der Waals surface area contributed by atoms with Crippen molar-refractivity contribution in [3.8, 4) is 0 Å². The maximum atomic E-state index is 13.1. The normalized spacial score (nSPS) is 10.7. The maximum absolute atomic E-state index is 13.1. The van der Waals surface area contributed by atoms with Crippen LogP contribution in [0.5, 0.6) is 0 Å². The van der Waals surface area contributed by atoms with Crippen LogP contribution in [0.15, 0.2) is 29.0 Å². The van der Waals surface area contributed by atoms with Crippen molar-refractivity contribution in [3.63, 3.8) is 0 Å². The molecule has 1 N–H and O–H groups in total. The van der Waals surface area contributed by atoms with Gasteiger partial charge < -0.3 is 5.11 Å². The van der Waals surface area contributed by atoms with Gasteiger partial charge in [-0.15, -0.1) is 0 Å². The monoisotopic (exact) mass is 285 g/mol. The van der Waals surface area contributed by atoms with Crippen LogP contribution in [0.2, 0.25) is 0 Å². The zero-order chi connectivity index (χ0) is 11.5. The van der Waals surface area contributed by atoms with Gasteiger partial charge in [0.05, 0.1) is 6.54 Å². The highest BCUT2D eigenvalue weighted by molar-refractivity contribution is 9.10. The Hall–Kier alpha value is -1.27. The first-order chi connectivity index (χ1) is 7.69. The van der Waals surface area contributed by atoms with Gasteiger partial charge in [0, 0.05) is 4.47 Å². The number of rotatable bonds is 3. The summed E-state index contributed by atoms with van der Waals surface area (Å²) in [7, 11) is 0. The molecule has 0 saturated carbocycles. The first-order valence-corrected chi connectivity index (χ1v) is 5.41. The molecule has 84 valence electrons. The molecule has 1 heterocycles. The second-order valence-corrected chi connectivity index (χ2v) is 4.19. The molecule has 0 aliphatic rings. The summed E-state index contributed by atoms with van der Waals surface area (Å²) in [6.07, 6.45) is 1.36. The van der Waals surface area contributed by atoms with Gasteiger partial charge >= 0.3 is 0 Å². The van der Waals surface area contributed by atoms with Gasteiger partial charge in [-0.05, 0) is 23.8 Å². The minimum Gasteiger partial charge on any atom is -0.388 e. The van der Waals surface area contributed by atoms with E-state index in [0.717, 1.165) is 5.56 Å². The Kier molecular flexibility index (Phi) is 3.31. The quantitative estimate of drug-likeness (QED) is 0.934. The highest BCUT2D eigenvalue weighted by Gasteiger charge is 2.05. The third kappa shape index (κ3) is 2.45. The zero-order valence-corrected chi connectivity index (χ0v) is 9.85. The van der Waals surface area contributed by atoms with E-state index in [0.29, 0.717) is 16.8 Å². The number of nitrogens with zero attached hydrogens (tertiary/aromatic N) is 3. The van der Waals surface area contributed by atoms with Gasteiger partial charge in [0.15, 0.2) is 5.82 Å². The lowest BCUT2D eigenvalue weighted by Crippen LogP contribution is -2.07. The van der Waals surface area contributed by atoms with Crippen molar-refractivity contribution in [2.24, 2.45) is 0 Å². The van der Waals surface area contributed by atoms with E-state index in [1.807, 2.05) is 0 Å². The van der Waals surface area contributed by atoms with Crippen LogP contribution in [-0.2, 0) is 13.2 Å². The molecule has 6 heteroatoms. The van der Waals surface area contributed by atoms with E-state index in [1.165, 1.54) is 23.1 Å². The predicted molar refractivity (Wildman–Crippen MR) is 59.1 cm³/mol. The van der Waals surface area contributed by atoms with Crippen molar-refractivity contribution < 1.29 is 9.50 Å². The van der Waals surface area contributed by atoms with Crippen LogP contribution in [0.3, 0.4) is 0 Å². The zero-order valence-electron chi connectivity index (χ0n) is 8.27. The molecule has 1 aromatic carbocycles. The molecule has 0 unspecified atom stereocenters. The van der Waals surface area contributed by atoms with Crippen LogP contribution in [0, 0.1) is 5.82 Å². The van der Waals surface area contributed by atoms with Crippen molar-refractivity contribution in [1.82, 2.24) is 14.8 Å². The average Bonchev–Trinajstić information content (AvgIpc) is 2.63. The Morgan fingerprint density at radius 1 is 1.38 bits per heavy atom. The minimum absolute atomic E-state index is 0.184. The Balaban J connectivity index is 2.26. The fourth-order valence-electron chi connectivity index (χ4n) is 1.42. The van der Waals surface area contributed by atoms with Gasteiger partial charge in [0.1, 0.15) is 18.8 Å². The maximum Gasteiger partial charge on any atom is 0.152 e. The number of aromatic nitrogens is 3. The van der Waals surface area contributed by atoms with Gasteiger partial charge in [0.2, 0.25) is 0 Å². The van der Waals surface area contributed by atoms with E-state index < -0.39 is 0 Å². The summed E-state index contributed by atoms with van der Waals surface area (Å²) in [5.74, 6) is 0.149. The molecule has 0 saturated heterocycles. The first-order valence-electron chi connectivity index (χ1n) is 4.61. The standard InChI is InChI=1S/C10H9BrFN3O/c11-8-1-7(2-9(12)3-8)4-15-10(5-16)13-6-14-15/h1-3,6,16H,4-5H2. The predicted octanol–water partition coefficient (Wildman–Crippen LogP) is 1.72. The van der Waals surface area contributed by atoms with E-state index in [-0.39, 0.29) is 12.4 Å². The lowest BCUT2D eigenvalue weighted by atomic mass is 10.2. The van der Waals surface area contributed by atoms with Crippen LogP contribution >= 0.6 is 15.9 Å². The van der Waals surface area contributed by atoms with Gasteiger partial charge in [0.25, 0.3) is 0 Å². The molecule has 0 radical (unpaired) electrons. The molecule has 0 amide bonds. The summed E-state index contributed by atoms with van der Waals surface area (Å²) in [6.45, 7) is 0.197. The number of hydrogen-bond donors (Lipinski definition) is 1. The lowest BCUT2D eigenvalue weighted by Gasteiger charge is -2.05. The largest absolute Gasteiger partial charge is 0.388 e. The Morgan fingerprint density at radius 2 is 2.19 bits per heavy atom. The molecule has 0 aliphatic carbocycles. The molecular formula is C10H9BrFN3O. The van der Waals surface area contributed by atoms with Crippen LogP contribution in [0.1, 0.15) is 11.4 Å². The summed E-state index contributed by atoms with van der Waals surface area (Å²) < 4.78 is 15.3. The third-order valence-electron chi connectivity index (χ3n) is 2.09. The SMILES string of the molecule is OCc1ncnn1Cc1cc(F)cc(Br)c1. The fourth-order valence-corrected chi connectivity index (χ4v) is 1.93. The van der Waals surface area contributed by atoms with Crippen LogP contribution in [0.4, 0.5) is 4.39 Å². The molecule has 4 nitrogen and oxygen atoms in total. The van der Waals surface area contributed by atoms with Crippen molar-refractivity contribution in [3.05, 3.63) is 46.2 Å². The van der Waals surface area contributed by atoms with Crippen LogP contribution < -0.4 is 0 Å². The van der Waals surface area contributed by atoms with Crippen LogP contribution in [-0.4, -0.2) is 19.9 Å². The average molecular weight is 286 g/mol. The second kappa shape index (κ2) is 4.71. The summed E-state index contributed by atoms with van der Waals surface area (Å²) >= 11 is 3.22. The number of aliphatic hydroxyl groups excluding tert-OH is 1. The molecular weight excluding hydrogens is 277 g/mol. The van der Waals surface area contributed by atoms with Gasteiger partial charge in [-0.25, -0.2) is 14.1 Å². The minimum atomic E-state index is -0.310. The van der Waals surface area contributed by atoms with E-state index in [2.05, 4.69) is 26.0 Å². The van der Waals surface area contributed by atoms with Crippen molar-refractivity contribution in [1.29, 1.82) is 0 Å². The summed E-state index contributed by atoms with van der Waals surface area (Å²) in [5.41, 5.74) is 0.757. The number of hydrogen-bond acceptors (Lipinski definition) is 3. The summed E-state index contributed by atoms with van der Waals surface area (Å²) in [6, 6.07) is 4.61. The van der Waals surface area contributed by atoms with Crippen LogP contribution in [0.25, 0.3) is 0 Å². The van der Waals surface area contributed by atoms with E-state index in [4.69, 9.17) is 5.11 Å². The topological polar surface area (TPSA) is 50.9 Å². The van der Waals surface area contributed by atoms with E-state index >= 15 is 0 Å². The molecule has 2 aromatic rings. The molecule has 0 aliphatic heterocycles. The highest BCUT2D eigenvalue weighted by Crippen LogP contribution is 2.15. The highest BCUT2D eigenvalue weighted by atomic mass is 79.9. The van der Waals surface area contributed by atoms with E-state index in [1.54, 1.807) is 6.07 Å². The Morgan fingerprint density at radius 3 is 2.88 bits per heavy atom. The number of benzene rings is 1. The number of halogens is 2. The molecule has 0 spiro atoms. The van der Waals surface area contributed by atoms with E-state index in [9.17, 15) is 4.39 Å². The van der Waals surface area contributed by atoms with Gasteiger partial charge in [-0.2, -0.15) is 5.10 Å². The molecule has 0 fully saturated rings. The molecule has 0 atom stereocenters. The molecule has 2 rings (SSSR count). The summed E-state index contributed by atoms with van der Waals surface area (Å²) in [4.78, 5) is 3.87. The smallest absolute Gasteiger partial charge is 0.152 e. The van der Waals surface area contributed by atoms with Crippen molar-refractivity contribution >= 4 is 15.9 Å². The summed E-state index contributed by atoms with van der Waals surface area (Å²) in [5, 5.41) is 12.9. The molecule has 0 bridgehead atoms. The van der Waals surface area contributed by atoms with Crippen molar-refractivity contribution in [2.45, 2.75) is 13.2 Å². The molecule has 16 heavy (non-hydrogen) atoms. The Labute approximate surface area is 99.9 Å². The molecule has 1 aromatic heterocycles. The van der Waals surface area contributed by atoms with Gasteiger partial charge in [-0.1, -0.05) is 15.9 Å². The lowest BCUT2D eigenvalue weighted by molar-refractivity contribution is 0.264. The Bertz CT molecular complexity index is 480. The second-order valence-electron chi connectivity index (χ2n) is 3.27. The van der Waals surface area contributed by atoms with Crippen molar-refractivity contribution in [2.75, 3.05) is 0 Å². The number of aliphatic hydroxyl groups is 1. The first kappa shape index (κ1) is 11.2.